The summed E-state index contributed by atoms with van der Waals surface area (Å²) in [6, 6.07) is -0.994. The highest BCUT2D eigenvalue weighted by molar-refractivity contribution is 5.85. The number of rotatable bonds is 0. The van der Waals surface area contributed by atoms with E-state index in [1.165, 1.54) is 0 Å². The SMILES string of the molecule is Cl.Cl.N[C@H]1CNCCC1(F)F. The Morgan fingerprint density at radius 2 is 1.91 bits per heavy atom. The van der Waals surface area contributed by atoms with Gasteiger partial charge in [0, 0.05) is 19.5 Å². The van der Waals surface area contributed by atoms with Gasteiger partial charge in [-0.15, -0.1) is 24.8 Å². The maximum atomic E-state index is 12.4. The second-order valence-corrected chi connectivity index (χ2v) is 2.32. The van der Waals surface area contributed by atoms with Crippen LogP contribution < -0.4 is 11.1 Å². The molecule has 1 aliphatic heterocycles. The molecule has 0 spiro atoms. The van der Waals surface area contributed by atoms with Gasteiger partial charge in [0.25, 0.3) is 5.92 Å². The van der Waals surface area contributed by atoms with E-state index in [-0.39, 0.29) is 37.8 Å². The molecule has 0 saturated carbocycles. The van der Waals surface area contributed by atoms with Crippen LogP contribution in [-0.2, 0) is 0 Å². The fourth-order valence-corrected chi connectivity index (χ4v) is 0.847. The summed E-state index contributed by atoms with van der Waals surface area (Å²) >= 11 is 0. The Morgan fingerprint density at radius 3 is 2.18 bits per heavy atom. The first-order valence-electron chi connectivity index (χ1n) is 2.97. The van der Waals surface area contributed by atoms with Gasteiger partial charge in [0.05, 0.1) is 6.04 Å². The van der Waals surface area contributed by atoms with Crippen LogP contribution >= 0.6 is 24.8 Å². The van der Waals surface area contributed by atoms with Gasteiger partial charge in [0.1, 0.15) is 0 Å². The third kappa shape index (κ3) is 3.51. The highest BCUT2D eigenvalue weighted by Crippen LogP contribution is 2.22. The highest BCUT2D eigenvalue weighted by atomic mass is 35.5. The molecule has 2 nitrogen and oxygen atoms in total. The minimum atomic E-state index is -2.65. The Bertz CT molecular complexity index is 113. The predicted molar refractivity (Wildman–Crippen MR) is 44.9 cm³/mol. The number of hydrogen-bond donors (Lipinski definition) is 2. The normalized spacial score (nSPS) is 28.1. The van der Waals surface area contributed by atoms with E-state index >= 15 is 0 Å². The molecule has 0 radical (unpaired) electrons. The minimum absolute atomic E-state index is 0. The smallest absolute Gasteiger partial charge is 0.265 e. The van der Waals surface area contributed by atoms with E-state index in [4.69, 9.17) is 5.73 Å². The average molecular weight is 209 g/mol. The molecular weight excluding hydrogens is 197 g/mol. The van der Waals surface area contributed by atoms with Crippen LogP contribution in [0.4, 0.5) is 8.78 Å². The molecule has 1 aliphatic rings. The van der Waals surface area contributed by atoms with Crippen molar-refractivity contribution in [3.8, 4) is 0 Å². The summed E-state index contributed by atoms with van der Waals surface area (Å²) in [6.45, 7) is 0.605. The van der Waals surface area contributed by atoms with E-state index in [0.29, 0.717) is 6.54 Å². The van der Waals surface area contributed by atoms with E-state index < -0.39 is 12.0 Å². The van der Waals surface area contributed by atoms with Gasteiger partial charge in [-0.1, -0.05) is 0 Å². The lowest BCUT2D eigenvalue weighted by Gasteiger charge is -2.28. The van der Waals surface area contributed by atoms with Gasteiger partial charge in [-0.05, 0) is 0 Å². The van der Waals surface area contributed by atoms with Crippen LogP contribution in [0.15, 0.2) is 0 Å². The molecule has 6 heteroatoms. The van der Waals surface area contributed by atoms with Gasteiger partial charge >= 0.3 is 0 Å². The van der Waals surface area contributed by atoms with Gasteiger partial charge in [-0.25, -0.2) is 8.78 Å². The standard InChI is InChI=1S/C5H10F2N2.2ClH/c6-5(7)1-2-9-3-4(5)8;;/h4,9H,1-3,8H2;2*1H/t4-;;/m0../s1. The molecule has 0 aliphatic carbocycles. The Kier molecular flexibility index (Phi) is 6.43. The fourth-order valence-electron chi connectivity index (χ4n) is 0.847. The maximum Gasteiger partial charge on any atom is 0.265 e. The van der Waals surface area contributed by atoms with Crippen molar-refractivity contribution in [2.75, 3.05) is 13.1 Å². The van der Waals surface area contributed by atoms with E-state index in [2.05, 4.69) is 5.32 Å². The van der Waals surface area contributed by atoms with Crippen molar-refractivity contribution in [3.63, 3.8) is 0 Å². The summed E-state index contributed by atoms with van der Waals surface area (Å²) in [5, 5.41) is 2.79. The summed E-state index contributed by atoms with van der Waals surface area (Å²) in [7, 11) is 0. The summed E-state index contributed by atoms with van der Waals surface area (Å²) in [5.41, 5.74) is 5.10. The fraction of sp³-hybridized carbons (Fsp3) is 1.00. The summed E-state index contributed by atoms with van der Waals surface area (Å²) in [6.07, 6.45) is -0.131. The van der Waals surface area contributed by atoms with Gasteiger partial charge in [-0.2, -0.15) is 0 Å². The van der Waals surface area contributed by atoms with Crippen molar-refractivity contribution in [3.05, 3.63) is 0 Å². The van der Waals surface area contributed by atoms with Crippen LogP contribution in [-0.4, -0.2) is 25.1 Å². The van der Waals surface area contributed by atoms with E-state index in [1.807, 2.05) is 0 Å². The molecule has 70 valence electrons. The molecule has 1 rings (SSSR count). The molecule has 11 heavy (non-hydrogen) atoms. The van der Waals surface area contributed by atoms with Gasteiger partial charge in [0.2, 0.25) is 0 Å². The van der Waals surface area contributed by atoms with Gasteiger partial charge in [-0.3, -0.25) is 0 Å². The van der Waals surface area contributed by atoms with Gasteiger partial charge in [0.15, 0.2) is 0 Å². The molecule has 0 bridgehead atoms. The average Bonchev–Trinajstić information content (AvgIpc) is 1.77. The summed E-state index contributed by atoms with van der Waals surface area (Å²) < 4.78 is 24.9. The molecule has 0 amide bonds. The first-order valence-corrected chi connectivity index (χ1v) is 2.97. The molecule has 1 atom stereocenters. The predicted octanol–water partition coefficient (Wildman–Crippen LogP) is 0.786. The second kappa shape index (κ2) is 5.09. The number of alkyl halides is 2. The quantitative estimate of drug-likeness (QED) is 0.618. The topological polar surface area (TPSA) is 38.0 Å². The molecular formula is C5H12Cl2F2N2. The van der Waals surface area contributed by atoms with E-state index in [1.54, 1.807) is 0 Å². The van der Waals surface area contributed by atoms with Crippen molar-refractivity contribution < 1.29 is 8.78 Å². The van der Waals surface area contributed by atoms with Crippen molar-refractivity contribution >= 4 is 24.8 Å². The molecule has 0 aromatic heterocycles. The maximum absolute atomic E-state index is 12.4. The number of nitrogens with two attached hydrogens (primary N) is 1. The minimum Gasteiger partial charge on any atom is -0.322 e. The number of hydrogen-bond acceptors (Lipinski definition) is 2. The number of halogens is 4. The largest absolute Gasteiger partial charge is 0.322 e. The van der Waals surface area contributed by atoms with Crippen LogP contribution in [0.3, 0.4) is 0 Å². The lowest BCUT2D eigenvalue weighted by molar-refractivity contribution is -0.0448. The molecule has 1 heterocycles. The third-order valence-corrected chi connectivity index (χ3v) is 1.54. The molecule has 1 saturated heterocycles. The molecule has 3 N–H and O–H groups in total. The molecule has 0 unspecified atom stereocenters. The first kappa shape index (κ1) is 13.9. The Balaban J connectivity index is 0. The van der Waals surface area contributed by atoms with E-state index in [9.17, 15) is 8.78 Å². The highest BCUT2D eigenvalue weighted by Gasteiger charge is 2.38. The van der Waals surface area contributed by atoms with Crippen LogP contribution in [0.1, 0.15) is 6.42 Å². The molecule has 0 aromatic carbocycles. The lowest BCUT2D eigenvalue weighted by atomic mass is 10.0. The molecule has 0 aromatic rings. The second-order valence-electron chi connectivity index (χ2n) is 2.32. The van der Waals surface area contributed by atoms with Crippen molar-refractivity contribution in [2.24, 2.45) is 5.73 Å². The van der Waals surface area contributed by atoms with Crippen LogP contribution in [0.2, 0.25) is 0 Å². The van der Waals surface area contributed by atoms with Crippen LogP contribution in [0, 0.1) is 0 Å². The van der Waals surface area contributed by atoms with Crippen molar-refractivity contribution in [1.29, 1.82) is 0 Å². The Labute approximate surface area is 76.7 Å². The van der Waals surface area contributed by atoms with Crippen molar-refractivity contribution in [2.45, 2.75) is 18.4 Å². The third-order valence-electron chi connectivity index (χ3n) is 1.54. The Morgan fingerprint density at radius 1 is 1.36 bits per heavy atom. The van der Waals surface area contributed by atoms with Crippen molar-refractivity contribution in [1.82, 2.24) is 5.32 Å². The van der Waals surface area contributed by atoms with Gasteiger partial charge < -0.3 is 11.1 Å². The summed E-state index contributed by atoms with van der Waals surface area (Å²) in [4.78, 5) is 0. The van der Waals surface area contributed by atoms with E-state index in [0.717, 1.165) is 0 Å². The lowest BCUT2D eigenvalue weighted by Crippen LogP contribution is -2.53. The zero-order valence-electron chi connectivity index (χ0n) is 5.85. The number of nitrogens with one attached hydrogen (secondary N) is 1. The zero-order chi connectivity index (χ0) is 6.91. The van der Waals surface area contributed by atoms with Crippen LogP contribution in [0.25, 0.3) is 0 Å². The summed E-state index contributed by atoms with van der Waals surface area (Å²) in [5.74, 6) is -2.65. The molecule has 1 fully saturated rings. The first-order chi connectivity index (χ1) is 4.13. The zero-order valence-corrected chi connectivity index (χ0v) is 7.48. The van der Waals surface area contributed by atoms with Crippen LogP contribution in [0.5, 0.6) is 0 Å². The number of piperidine rings is 1. The monoisotopic (exact) mass is 208 g/mol. The Hall–Kier alpha value is 0.360.